The second kappa shape index (κ2) is 15.4. The Hall–Kier alpha value is -3.22. The highest BCUT2D eigenvalue weighted by Gasteiger charge is 2.54. The second-order valence-corrected chi connectivity index (χ2v) is 12.3. The van der Waals surface area contributed by atoms with E-state index < -0.39 is 41.3 Å². The summed E-state index contributed by atoms with van der Waals surface area (Å²) in [6.07, 6.45) is -1.82. The minimum atomic E-state index is -5.19. The van der Waals surface area contributed by atoms with Crippen LogP contribution >= 0.6 is 58.3 Å². The van der Waals surface area contributed by atoms with E-state index in [0.717, 1.165) is 11.8 Å². The number of nitrogens with one attached hydrogen (secondary N) is 2. The minimum absolute atomic E-state index is 0.0284. The van der Waals surface area contributed by atoms with Crippen molar-refractivity contribution in [3.63, 3.8) is 0 Å². The number of aliphatic carboxylic acids is 2. The van der Waals surface area contributed by atoms with Gasteiger partial charge in [-0.15, -0.1) is 23.5 Å². The van der Waals surface area contributed by atoms with Gasteiger partial charge in [0.05, 0.1) is 27.4 Å². The molecule has 45 heavy (non-hydrogen) atoms. The predicted octanol–water partition coefficient (Wildman–Crippen LogP) is 1.66. The Labute approximate surface area is 276 Å². The van der Waals surface area contributed by atoms with Crippen LogP contribution in [0.4, 0.5) is 18.9 Å². The fourth-order valence-corrected chi connectivity index (χ4v) is 6.78. The number of carbonyl (C=O) groups excluding carboxylic acids is 4. The van der Waals surface area contributed by atoms with Gasteiger partial charge in [0.15, 0.2) is 18.9 Å². The van der Waals surface area contributed by atoms with Crippen molar-refractivity contribution in [2.24, 2.45) is 5.73 Å². The molecule has 1 aromatic carbocycles. The molecule has 0 saturated carbocycles. The molecule has 4 rings (SSSR count). The molecule has 242 valence electrons. The summed E-state index contributed by atoms with van der Waals surface area (Å²) in [4.78, 5) is 59.8. The molecule has 0 radical (unpaired) electrons. The maximum Gasteiger partial charge on any atom is 0.430 e. The third-order valence-corrected chi connectivity index (χ3v) is 9.37. The monoisotopic (exact) mass is 729 g/mol. The van der Waals surface area contributed by atoms with E-state index in [2.05, 4.69) is 10.6 Å². The van der Waals surface area contributed by atoms with Gasteiger partial charge in [-0.2, -0.15) is 17.7 Å². The average Bonchev–Trinajstić information content (AvgIpc) is 2.96. The van der Waals surface area contributed by atoms with Crippen LogP contribution in [0, 0.1) is 0 Å². The van der Waals surface area contributed by atoms with E-state index in [4.69, 9.17) is 50.4 Å². The fourth-order valence-electron chi connectivity index (χ4n) is 3.90. The third-order valence-electron chi connectivity index (χ3n) is 5.83. The van der Waals surface area contributed by atoms with Crippen molar-refractivity contribution >= 4 is 93.7 Å². The molecule has 20 heteroatoms. The lowest BCUT2D eigenvalue weighted by Gasteiger charge is -2.49. The highest BCUT2D eigenvalue weighted by molar-refractivity contribution is 8.00. The van der Waals surface area contributed by atoms with E-state index in [0.29, 0.717) is 37.0 Å². The van der Waals surface area contributed by atoms with E-state index in [9.17, 15) is 37.5 Å². The van der Waals surface area contributed by atoms with Crippen molar-refractivity contribution < 1.29 is 51.9 Å². The highest BCUT2D eigenvalue weighted by Crippen LogP contribution is 2.41. The zero-order valence-corrected chi connectivity index (χ0v) is 26.3. The third kappa shape index (κ3) is 9.40. The largest absolute Gasteiger partial charge is 0.542 e. The van der Waals surface area contributed by atoms with Crippen LogP contribution in [0.2, 0.25) is 15.1 Å². The number of hydrogen-bond donors (Lipinski definition) is 4. The standard InChI is InChI=1S/C23H20Cl3N5O5S2.C2HF3O2/c24-13-4-15(26)16(5-14(13)25)37-10-18(33)29-19-21(34)31-20(23(35)36)11(9-38-22(19)31)7-30-3-1-2-12(8-30)28-17(32)6-27;3-2(4,5)1(6)7/h1-5,8,19,22H,6-7,9-10,27H2,(H2-,28,29,32,33,35,36);(H,6,7)/t19-,22-;/m1./s1. The number of carboxylic acid groups (broad SMARTS) is 2. The first kappa shape index (κ1) is 36.3. The summed E-state index contributed by atoms with van der Waals surface area (Å²) >= 11 is 20.6. The van der Waals surface area contributed by atoms with Gasteiger partial charge in [0.1, 0.15) is 28.8 Å². The van der Waals surface area contributed by atoms with E-state index >= 15 is 0 Å². The lowest BCUT2D eigenvalue weighted by molar-refractivity contribution is -0.688. The Balaban J connectivity index is 0.000000707. The molecule has 1 saturated heterocycles. The molecule has 1 fully saturated rings. The summed E-state index contributed by atoms with van der Waals surface area (Å²) in [5, 5.41) is 24.4. The normalized spacial score (nSPS) is 17.4. The summed E-state index contributed by atoms with van der Waals surface area (Å²) in [7, 11) is 0. The first-order valence-corrected chi connectivity index (χ1v) is 15.4. The number of β-lactam (4-membered cyclic amide) rings is 1. The van der Waals surface area contributed by atoms with Crippen LogP contribution in [0.25, 0.3) is 0 Å². The maximum atomic E-state index is 12.9. The summed E-state index contributed by atoms with van der Waals surface area (Å²) < 4.78 is 33.3. The Morgan fingerprint density at radius 1 is 1.16 bits per heavy atom. The number of carbonyl (C=O) groups is 5. The number of anilines is 1. The number of thioether (sulfide) groups is 2. The Morgan fingerprint density at radius 2 is 1.80 bits per heavy atom. The van der Waals surface area contributed by atoms with E-state index in [1.165, 1.54) is 22.7 Å². The summed E-state index contributed by atoms with van der Waals surface area (Å²) in [6, 6.07) is 5.58. The quantitative estimate of drug-likeness (QED) is 0.128. The SMILES string of the molecule is NCC(=O)Nc1ccc[n+](CC2=C(C(=O)O)N3C(=O)[C@@H](NC(=O)CSc4cc(Cl)c(Cl)cc4Cl)[C@H]3SC2)c1.O=C([O-])C(F)(F)F. The molecular formula is C25H21Cl3F3N5O7S2. The maximum absolute atomic E-state index is 12.9. The molecule has 2 atom stereocenters. The van der Waals surface area contributed by atoms with Crippen LogP contribution in [0.5, 0.6) is 0 Å². The number of alkyl halides is 3. The second-order valence-electron chi connectivity index (χ2n) is 9.00. The summed E-state index contributed by atoms with van der Waals surface area (Å²) in [5.41, 5.74) is 6.25. The van der Waals surface area contributed by atoms with Gasteiger partial charge in [-0.05, 0) is 18.2 Å². The molecule has 1 aromatic heterocycles. The van der Waals surface area contributed by atoms with Crippen LogP contribution in [-0.4, -0.2) is 75.3 Å². The number of amides is 3. The fraction of sp³-hybridized carbons (Fsp3) is 0.280. The molecule has 12 nitrogen and oxygen atoms in total. The number of nitrogens with zero attached hydrogens (tertiary/aromatic N) is 2. The van der Waals surface area contributed by atoms with E-state index in [1.807, 2.05) is 0 Å². The van der Waals surface area contributed by atoms with Crippen molar-refractivity contribution in [3.8, 4) is 0 Å². The minimum Gasteiger partial charge on any atom is -0.542 e. The van der Waals surface area contributed by atoms with Gasteiger partial charge in [0, 0.05) is 22.3 Å². The van der Waals surface area contributed by atoms with Crippen LogP contribution < -0.4 is 26.0 Å². The highest BCUT2D eigenvalue weighted by atomic mass is 35.5. The molecular weight excluding hydrogens is 710 g/mol. The summed E-state index contributed by atoms with van der Waals surface area (Å²) in [6.45, 7) is 0.0213. The van der Waals surface area contributed by atoms with Crippen LogP contribution in [0.15, 0.2) is 52.8 Å². The number of rotatable bonds is 9. The first-order chi connectivity index (χ1) is 21.0. The average molecular weight is 731 g/mol. The number of hydrogen-bond acceptors (Lipinski definition) is 9. The van der Waals surface area contributed by atoms with Gasteiger partial charge >= 0.3 is 12.1 Å². The van der Waals surface area contributed by atoms with Crippen molar-refractivity contribution in [2.45, 2.75) is 29.0 Å². The molecule has 3 heterocycles. The van der Waals surface area contributed by atoms with Crippen LogP contribution in [0.1, 0.15) is 0 Å². The van der Waals surface area contributed by atoms with Gasteiger partial charge in [-0.1, -0.05) is 34.8 Å². The zero-order valence-electron chi connectivity index (χ0n) is 22.4. The van der Waals surface area contributed by atoms with Gasteiger partial charge in [0.2, 0.25) is 11.8 Å². The topological polar surface area (TPSA) is 186 Å². The number of fused-ring (bicyclic) bond motifs is 1. The van der Waals surface area contributed by atoms with Crippen molar-refractivity contribution in [1.82, 2.24) is 10.2 Å². The molecule has 3 amide bonds. The predicted molar refractivity (Wildman–Crippen MR) is 157 cm³/mol. The first-order valence-electron chi connectivity index (χ1n) is 12.3. The number of carboxylic acids is 2. The molecule has 0 unspecified atom stereocenters. The zero-order chi connectivity index (χ0) is 33.6. The lowest BCUT2D eigenvalue weighted by atomic mass is 10.0. The van der Waals surface area contributed by atoms with Gasteiger partial charge in [0.25, 0.3) is 5.91 Å². The van der Waals surface area contributed by atoms with E-state index in [1.54, 1.807) is 35.2 Å². The Kier molecular flexibility index (Phi) is 12.4. The van der Waals surface area contributed by atoms with Gasteiger partial charge < -0.3 is 31.4 Å². The van der Waals surface area contributed by atoms with Crippen molar-refractivity contribution in [2.75, 3.05) is 23.4 Å². The van der Waals surface area contributed by atoms with Gasteiger partial charge in [-0.25, -0.2) is 4.79 Å². The Bertz CT molecular complexity index is 1560. The number of halogens is 6. The van der Waals surface area contributed by atoms with Crippen molar-refractivity contribution in [3.05, 3.63) is 63.0 Å². The lowest BCUT2D eigenvalue weighted by Crippen LogP contribution is -2.70. The number of nitrogens with two attached hydrogens (primary N) is 1. The summed E-state index contributed by atoms with van der Waals surface area (Å²) in [5.74, 6) is -5.20. The molecule has 5 N–H and O–H groups in total. The van der Waals surface area contributed by atoms with Crippen LogP contribution in [0.3, 0.4) is 0 Å². The number of pyridine rings is 1. The molecule has 2 aliphatic rings. The van der Waals surface area contributed by atoms with E-state index in [-0.39, 0.29) is 30.4 Å². The number of benzene rings is 1. The number of aromatic nitrogens is 1. The molecule has 0 bridgehead atoms. The molecule has 0 aliphatic carbocycles. The van der Waals surface area contributed by atoms with Crippen LogP contribution in [-0.2, 0) is 30.5 Å². The van der Waals surface area contributed by atoms with Crippen molar-refractivity contribution in [1.29, 1.82) is 0 Å². The molecule has 0 spiro atoms. The van der Waals surface area contributed by atoms with Gasteiger partial charge in [-0.3, -0.25) is 19.3 Å². The molecule has 2 aliphatic heterocycles. The Morgan fingerprint density at radius 3 is 2.40 bits per heavy atom. The smallest absolute Gasteiger partial charge is 0.430 e. The molecule has 2 aromatic rings.